The van der Waals surface area contributed by atoms with Crippen LogP contribution in [-0.4, -0.2) is 31.6 Å². The Morgan fingerprint density at radius 2 is 1.90 bits per heavy atom. The lowest BCUT2D eigenvalue weighted by atomic mass is 9.93. The zero-order valence-corrected chi connectivity index (χ0v) is 17.5. The highest BCUT2D eigenvalue weighted by molar-refractivity contribution is 6.00. The SMILES string of the molecule is CCOc1ccc(CC(=O)Nc2ccc3c(c2)N(CC)C(=O)C(C)(C)CO3)cc1. The Balaban J connectivity index is 1.74. The molecule has 154 valence electrons. The summed E-state index contributed by atoms with van der Waals surface area (Å²) in [6.07, 6.45) is 0.253. The largest absolute Gasteiger partial charge is 0.494 e. The van der Waals surface area contributed by atoms with E-state index in [4.69, 9.17) is 9.47 Å². The Hall–Kier alpha value is -3.02. The van der Waals surface area contributed by atoms with Gasteiger partial charge in [-0.2, -0.15) is 0 Å². The van der Waals surface area contributed by atoms with E-state index in [-0.39, 0.29) is 18.2 Å². The first kappa shape index (κ1) is 20.7. The van der Waals surface area contributed by atoms with E-state index in [9.17, 15) is 9.59 Å². The first-order chi connectivity index (χ1) is 13.8. The third-order valence-electron chi connectivity index (χ3n) is 4.86. The molecular formula is C23H28N2O4. The minimum absolute atomic E-state index is 0.0108. The van der Waals surface area contributed by atoms with Gasteiger partial charge in [0.25, 0.3) is 0 Å². The number of nitrogens with one attached hydrogen (secondary N) is 1. The number of benzene rings is 2. The number of carbonyl (C=O) groups is 2. The molecule has 0 atom stereocenters. The van der Waals surface area contributed by atoms with Crippen LogP contribution in [0.2, 0.25) is 0 Å². The summed E-state index contributed by atoms with van der Waals surface area (Å²) in [7, 11) is 0. The Kier molecular flexibility index (Phi) is 6.11. The second-order valence-electron chi connectivity index (χ2n) is 7.71. The summed E-state index contributed by atoms with van der Waals surface area (Å²) in [5, 5.41) is 2.92. The molecule has 1 N–H and O–H groups in total. The maximum absolute atomic E-state index is 12.9. The topological polar surface area (TPSA) is 67.9 Å². The van der Waals surface area contributed by atoms with E-state index in [1.54, 1.807) is 23.1 Å². The van der Waals surface area contributed by atoms with E-state index in [0.29, 0.717) is 36.9 Å². The quantitative estimate of drug-likeness (QED) is 0.800. The van der Waals surface area contributed by atoms with Crippen LogP contribution in [0, 0.1) is 5.41 Å². The summed E-state index contributed by atoms with van der Waals surface area (Å²) in [6, 6.07) is 12.9. The first-order valence-electron chi connectivity index (χ1n) is 9.94. The van der Waals surface area contributed by atoms with Crippen molar-refractivity contribution in [2.75, 3.05) is 30.0 Å². The standard InChI is InChI=1S/C23H28N2O4/c1-5-25-19-14-17(9-12-20(19)29-15-23(3,4)22(25)27)24-21(26)13-16-7-10-18(11-8-16)28-6-2/h7-12,14H,5-6,13,15H2,1-4H3,(H,24,26). The molecule has 0 aromatic heterocycles. The van der Waals surface area contributed by atoms with Crippen molar-refractivity contribution in [1.82, 2.24) is 0 Å². The van der Waals surface area contributed by atoms with Crippen molar-refractivity contribution in [3.63, 3.8) is 0 Å². The highest BCUT2D eigenvalue weighted by Gasteiger charge is 2.37. The third kappa shape index (κ3) is 4.70. The van der Waals surface area contributed by atoms with Crippen molar-refractivity contribution in [2.24, 2.45) is 5.41 Å². The van der Waals surface area contributed by atoms with Crippen LogP contribution in [0.25, 0.3) is 0 Å². The molecule has 6 nitrogen and oxygen atoms in total. The molecule has 1 aliphatic heterocycles. The lowest BCUT2D eigenvalue weighted by Crippen LogP contribution is -2.42. The molecule has 2 amide bonds. The smallest absolute Gasteiger partial charge is 0.236 e. The van der Waals surface area contributed by atoms with Gasteiger partial charge in [0.15, 0.2) is 0 Å². The van der Waals surface area contributed by atoms with Crippen LogP contribution in [0.1, 0.15) is 33.3 Å². The van der Waals surface area contributed by atoms with Gasteiger partial charge in [0.1, 0.15) is 18.1 Å². The van der Waals surface area contributed by atoms with E-state index in [1.165, 1.54) is 0 Å². The van der Waals surface area contributed by atoms with Crippen LogP contribution >= 0.6 is 0 Å². The molecule has 2 aromatic rings. The maximum atomic E-state index is 12.9. The summed E-state index contributed by atoms with van der Waals surface area (Å²) in [5.41, 5.74) is 1.61. The molecule has 1 aliphatic rings. The van der Waals surface area contributed by atoms with Crippen LogP contribution < -0.4 is 19.7 Å². The average molecular weight is 396 g/mol. The molecule has 2 aromatic carbocycles. The predicted octanol–water partition coefficient (Wildman–Crippen LogP) is 4.04. The third-order valence-corrected chi connectivity index (χ3v) is 4.86. The fraction of sp³-hybridized carbons (Fsp3) is 0.391. The molecule has 0 spiro atoms. The van der Waals surface area contributed by atoms with Crippen LogP contribution in [-0.2, 0) is 16.0 Å². The van der Waals surface area contributed by atoms with Crippen molar-refractivity contribution in [3.8, 4) is 11.5 Å². The molecule has 6 heteroatoms. The lowest BCUT2D eigenvalue weighted by Gasteiger charge is -2.27. The second kappa shape index (κ2) is 8.55. The van der Waals surface area contributed by atoms with Crippen molar-refractivity contribution < 1.29 is 19.1 Å². The number of hydrogen-bond donors (Lipinski definition) is 1. The molecule has 0 saturated carbocycles. The van der Waals surface area contributed by atoms with Crippen LogP contribution in [0.5, 0.6) is 11.5 Å². The Labute approximate surface area is 171 Å². The Bertz CT molecular complexity index is 890. The van der Waals surface area contributed by atoms with Gasteiger partial charge in [0, 0.05) is 12.2 Å². The predicted molar refractivity (Wildman–Crippen MR) is 114 cm³/mol. The highest BCUT2D eigenvalue weighted by Crippen LogP contribution is 2.38. The van der Waals surface area contributed by atoms with Crippen molar-refractivity contribution >= 4 is 23.2 Å². The molecular weight excluding hydrogens is 368 g/mol. The molecule has 0 bridgehead atoms. The fourth-order valence-electron chi connectivity index (χ4n) is 3.30. The van der Waals surface area contributed by atoms with Gasteiger partial charge in [-0.15, -0.1) is 0 Å². The molecule has 29 heavy (non-hydrogen) atoms. The number of amides is 2. The summed E-state index contributed by atoms with van der Waals surface area (Å²) in [5.74, 6) is 1.32. The number of hydrogen-bond acceptors (Lipinski definition) is 4. The Morgan fingerprint density at radius 1 is 1.17 bits per heavy atom. The summed E-state index contributed by atoms with van der Waals surface area (Å²) >= 11 is 0. The minimum atomic E-state index is -0.605. The van der Waals surface area contributed by atoms with Crippen molar-refractivity contribution in [1.29, 1.82) is 0 Å². The number of carbonyl (C=O) groups excluding carboxylic acids is 2. The van der Waals surface area contributed by atoms with Gasteiger partial charge in [-0.1, -0.05) is 12.1 Å². The molecule has 0 radical (unpaired) electrons. The van der Waals surface area contributed by atoms with Gasteiger partial charge in [-0.3, -0.25) is 9.59 Å². The van der Waals surface area contributed by atoms with Gasteiger partial charge in [0.2, 0.25) is 11.8 Å². The van der Waals surface area contributed by atoms with E-state index in [2.05, 4.69) is 5.32 Å². The normalized spacial score (nSPS) is 15.2. The van der Waals surface area contributed by atoms with Gasteiger partial charge in [0.05, 0.1) is 24.1 Å². The van der Waals surface area contributed by atoms with E-state index >= 15 is 0 Å². The van der Waals surface area contributed by atoms with Crippen molar-refractivity contribution in [2.45, 2.75) is 34.1 Å². The van der Waals surface area contributed by atoms with Crippen LogP contribution in [0.4, 0.5) is 11.4 Å². The maximum Gasteiger partial charge on any atom is 0.236 e. The highest BCUT2D eigenvalue weighted by atomic mass is 16.5. The van der Waals surface area contributed by atoms with Gasteiger partial charge >= 0.3 is 0 Å². The zero-order valence-electron chi connectivity index (χ0n) is 17.5. The molecule has 0 saturated heterocycles. The fourth-order valence-corrected chi connectivity index (χ4v) is 3.30. The lowest BCUT2D eigenvalue weighted by molar-refractivity contribution is -0.127. The van der Waals surface area contributed by atoms with E-state index in [0.717, 1.165) is 11.3 Å². The number of fused-ring (bicyclic) bond motifs is 1. The number of ether oxygens (including phenoxy) is 2. The molecule has 0 aliphatic carbocycles. The summed E-state index contributed by atoms with van der Waals surface area (Å²) in [4.78, 5) is 27.1. The number of rotatable bonds is 6. The second-order valence-corrected chi connectivity index (χ2v) is 7.71. The van der Waals surface area contributed by atoms with Gasteiger partial charge in [-0.25, -0.2) is 0 Å². The first-order valence-corrected chi connectivity index (χ1v) is 9.94. The average Bonchev–Trinajstić information content (AvgIpc) is 2.78. The van der Waals surface area contributed by atoms with Gasteiger partial charge < -0.3 is 19.7 Å². The molecule has 1 heterocycles. The number of nitrogens with zero attached hydrogens (tertiary/aromatic N) is 1. The molecule has 0 unspecified atom stereocenters. The minimum Gasteiger partial charge on any atom is -0.494 e. The zero-order chi connectivity index (χ0) is 21.0. The van der Waals surface area contributed by atoms with E-state index < -0.39 is 5.41 Å². The van der Waals surface area contributed by atoms with Crippen LogP contribution in [0.15, 0.2) is 42.5 Å². The monoisotopic (exact) mass is 396 g/mol. The molecule has 3 rings (SSSR count). The van der Waals surface area contributed by atoms with Gasteiger partial charge in [-0.05, 0) is 63.6 Å². The van der Waals surface area contributed by atoms with Crippen molar-refractivity contribution in [3.05, 3.63) is 48.0 Å². The summed E-state index contributed by atoms with van der Waals surface area (Å²) < 4.78 is 11.3. The Morgan fingerprint density at radius 3 is 2.55 bits per heavy atom. The summed E-state index contributed by atoms with van der Waals surface area (Å²) in [6.45, 7) is 9.07. The van der Waals surface area contributed by atoms with E-state index in [1.807, 2.05) is 52.0 Å². The molecule has 0 fully saturated rings. The number of anilines is 2. The van der Waals surface area contributed by atoms with Crippen LogP contribution in [0.3, 0.4) is 0 Å².